The van der Waals surface area contributed by atoms with Gasteiger partial charge in [0.25, 0.3) is 0 Å². The van der Waals surface area contributed by atoms with Crippen LogP contribution in [-0.4, -0.2) is 41.5 Å². The molecule has 3 heteroatoms. The molecule has 0 radical (unpaired) electrons. The molecule has 0 saturated heterocycles. The lowest BCUT2D eigenvalue weighted by Crippen LogP contribution is -2.44. The highest BCUT2D eigenvalue weighted by Crippen LogP contribution is 2.26. The zero-order chi connectivity index (χ0) is 15.4. The Hall–Kier alpha value is -1.19. The second kappa shape index (κ2) is 7.19. The monoisotopic (exact) mass is 289 g/mol. The van der Waals surface area contributed by atoms with Crippen LogP contribution in [0.15, 0.2) is 12.1 Å². The second-order valence-electron chi connectivity index (χ2n) is 6.33. The van der Waals surface area contributed by atoms with E-state index in [9.17, 15) is 4.79 Å². The number of hydrogen-bond acceptors (Lipinski definition) is 3. The van der Waals surface area contributed by atoms with E-state index in [1.807, 2.05) is 13.8 Å². The fourth-order valence-electron chi connectivity index (χ4n) is 3.30. The summed E-state index contributed by atoms with van der Waals surface area (Å²) in [6.07, 6.45) is 4.38. The quantitative estimate of drug-likeness (QED) is 0.784. The molecule has 1 aliphatic rings. The van der Waals surface area contributed by atoms with E-state index < -0.39 is 0 Å². The molecule has 1 fully saturated rings. The number of aryl methyl sites for hydroxylation is 3. The first-order chi connectivity index (χ1) is 10.0. The van der Waals surface area contributed by atoms with Crippen molar-refractivity contribution in [2.75, 3.05) is 19.7 Å². The molecule has 1 saturated carbocycles. The van der Waals surface area contributed by atoms with Gasteiger partial charge < -0.3 is 5.11 Å². The van der Waals surface area contributed by atoms with E-state index in [-0.39, 0.29) is 12.4 Å². The zero-order valence-corrected chi connectivity index (χ0v) is 13.5. The van der Waals surface area contributed by atoms with Crippen LogP contribution in [0.25, 0.3) is 0 Å². The Labute approximate surface area is 128 Å². The molecule has 1 aromatic rings. The SMILES string of the molecule is Cc1cc(C)c(C(=O)CN(CCCO)C2CCC2)c(C)c1. The third-order valence-corrected chi connectivity index (χ3v) is 4.50. The Morgan fingerprint density at radius 2 is 1.86 bits per heavy atom. The van der Waals surface area contributed by atoms with E-state index in [4.69, 9.17) is 5.11 Å². The van der Waals surface area contributed by atoms with E-state index in [0.717, 1.165) is 29.7 Å². The molecule has 116 valence electrons. The molecule has 0 aromatic heterocycles. The summed E-state index contributed by atoms with van der Waals surface area (Å²) in [5.41, 5.74) is 4.24. The minimum absolute atomic E-state index is 0.194. The van der Waals surface area contributed by atoms with E-state index in [1.54, 1.807) is 0 Å². The van der Waals surface area contributed by atoms with Crippen molar-refractivity contribution >= 4 is 5.78 Å². The highest BCUT2D eigenvalue weighted by molar-refractivity contribution is 6.00. The van der Waals surface area contributed by atoms with Gasteiger partial charge in [0, 0.05) is 24.8 Å². The number of rotatable bonds is 7. The Bertz CT molecular complexity index is 483. The van der Waals surface area contributed by atoms with Crippen LogP contribution in [0.3, 0.4) is 0 Å². The summed E-state index contributed by atoms with van der Waals surface area (Å²) in [4.78, 5) is 15.0. The van der Waals surface area contributed by atoms with Gasteiger partial charge in [-0.15, -0.1) is 0 Å². The maximum Gasteiger partial charge on any atom is 0.177 e. The highest BCUT2D eigenvalue weighted by atomic mass is 16.3. The highest BCUT2D eigenvalue weighted by Gasteiger charge is 2.27. The average Bonchev–Trinajstić information content (AvgIpc) is 2.32. The number of hydrogen-bond donors (Lipinski definition) is 1. The summed E-state index contributed by atoms with van der Waals surface area (Å²) in [5.74, 6) is 0.217. The third-order valence-electron chi connectivity index (χ3n) is 4.50. The van der Waals surface area contributed by atoms with Crippen molar-refractivity contribution in [1.82, 2.24) is 4.90 Å². The molecule has 3 nitrogen and oxygen atoms in total. The van der Waals surface area contributed by atoms with Crippen LogP contribution in [0, 0.1) is 20.8 Å². The Morgan fingerprint density at radius 1 is 1.24 bits per heavy atom. The fourth-order valence-corrected chi connectivity index (χ4v) is 3.30. The standard InChI is InChI=1S/C18H27NO2/c1-13-10-14(2)18(15(3)11-13)17(21)12-19(8-5-9-20)16-6-4-7-16/h10-11,16,20H,4-9,12H2,1-3H3. The van der Waals surface area contributed by atoms with Crippen molar-refractivity contribution in [2.24, 2.45) is 0 Å². The molecule has 21 heavy (non-hydrogen) atoms. The molecule has 0 amide bonds. The second-order valence-corrected chi connectivity index (χ2v) is 6.33. The van der Waals surface area contributed by atoms with Gasteiger partial charge in [0.1, 0.15) is 0 Å². The summed E-state index contributed by atoms with van der Waals surface area (Å²) < 4.78 is 0. The van der Waals surface area contributed by atoms with Gasteiger partial charge in [-0.3, -0.25) is 9.69 Å². The minimum atomic E-state index is 0.194. The van der Waals surface area contributed by atoms with Crippen molar-refractivity contribution < 1.29 is 9.90 Å². The van der Waals surface area contributed by atoms with Crippen LogP contribution < -0.4 is 0 Å². The normalized spacial score (nSPS) is 15.3. The van der Waals surface area contributed by atoms with Crippen LogP contribution in [0.5, 0.6) is 0 Å². The van der Waals surface area contributed by atoms with Crippen LogP contribution >= 0.6 is 0 Å². The molecule has 1 aliphatic carbocycles. The summed E-state index contributed by atoms with van der Waals surface area (Å²) in [5, 5.41) is 9.05. The molecular weight excluding hydrogens is 262 g/mol. The van der Waals surface area contributed by atoms with Gasteiger partial charge in [0.05, 0.1) is 6.54 Å². The Balaban J connectivity index is 2.11. The van der Waals surface area contributed by atoms with Gasteiger partial charge in [-0.25, -0.2) is 0 Å². The first-order valence-electron chi connectivity index (χ1n) is 7.99. The van der Waals surface area contributed by atoms with Gasteiger partial charge >= 0.3 is 0 Å². The summed E-state index contributed by atoms with van der Waals surface area (Å²) >= 11 is 0. The van der Waals surface area contributed by atoms with E-state index in [0.29, 0.717) is 12.6 Å². The molecule has 0 unspecified atom stereocenters. The number of benzene rings is 1. The van der Waals surface area contributed by atoms with Crippen LogP contribution in [0.2, 0.25) is 0 Å². The smallest absolute Gasteiger partial charge is 0.177 e. The number of carbonyl (C=O) groups excluding carboxylic acids is 1. The molecule has 0 bridgehead atoms. The fraction of sp³-hybridized carbons (Fsp3) is 0.611. The number of ketones is 1. The van der Waals surface area contributed by atoms with Gasteiger partial charge in [-0.05, 0) is 51.2 Å². The Morgan fingerprint density at radius 3 is 2.33 bits per heavy atom. The van der Waals surface area contributed by atoms with Crippen molar-refractivity contribution in [1.29, 1.82) is 0 Å². The van der Waals surface area contributed by atoms with Gasteiger partial charge in [-0.1, -0.05) is 24.1 Å². The average molecular weight is 289 g/mol. The lowest BCUT2D eigenvalue weighted by atomic mass is 9.90. The van der Waals surface area contributed by atoms with Crippen molar-refractivity contribution in [3.63, 3.8) is 0 Å². The number of aliphatic hydroxyl groups is 1. The molecule has 1 aromatic carbocycles. The maximum absolute atomic E-state index is 12.7. The topological polar surface area (TPSA) is 40.5 Å². The molecule has 0 atom stereocenters. The summed E-state index contributed by atoms with van der Waals surface area (Å²) in [6.45, 7) is 7.60. The number of nitrogens with zero attached hydrogens (tertiary/aromatic N) is 1. The minimum Gasteiger partial charge on any atom is -0.396 e. The van der Waals surface area contributed by atoms with Crippen molar-refractivity contribution in [3.8, 4) is 0 Å². The first-order valence-corrected chi connectivity index (χ1v) is 7.99. The zero-order valence-electron chi connectivity index (χ0n) is 13.5. The Kier molecular flexibility index (Phi) is 5.54. The molecule has 2 rings (SSSR count). The number of aliphatic hydroxyl groups excluding tert-OH is 1. The van der Waals surface area contributed by atoms with Crippen molar-refractivity contribution in [3.05, 3.63) is 34.4 Å². The molecule has 0 heterocycles. The van der Waals surface area contributed by atoms with E-state index in [1.165, 1.54) is 24.8 Å². The molecule has 1 N–H and O–H groups in total. The lowest BCUT2D eigenvalue weighted by molar-refractivity contribution is 0.0787. The predicted octanol–water partition coefficient (Wildman–Crippen LogP) is 3.03. The lowest BCUT2D eigenvalue weighted by Gasteiger charge is -2.37. The van der Waals surface area contributed by atoms with Gasteiger partial charge in [-0.2, -0.15) is 0 Å². The largest absolute Gasteiger partial charge is 0.396 e. The summed E-state index contributed by atoms with van der Waals surface area (Å²) in [7, 11) is 0. The predicted molar refractivity (Wildman–Crippen MR) is 85.9 cm³/mol. The number of carbonyl (C=O) groups is 1. The van der Waals surface area contributed by atoms with Gasteiger partial charge in [0.2, 0.25) is 0 Å². The molecular formula is C18H27NO2. The maximum atomic E-state index is 12.7. The summed E-state index contributed by atoms with van der Waals surface area (Å²) in [6, 6.07) is 4.70. The first kappa shape index (κ1) is 16.2. The van der Waals surface area contributed by atoms with Crippen molar-refractivity contribution in [2.45, 2.75) is 52.5 Å². The van der Waals surface area contributed by atoms with Crippen LogP contribution in [0.1, 0.15) is 52.7 Å². The number of Topliss-reactive ketones (excluding diaryl/α,β-unsaturated/α-hetero) is 1. The molecule has 0 spiro atoms. The van der Waals surface area contributed by atoms with E-state index in [2.05, 4.69) is 24.0 Å². The van der Waals surface area contributed by atoms with Crippen LogP contribution in [0.4, 0.5) is 0 Å². The molecule has 0 aliphatic heterocycles. The third kappa shape index (κ3) is 3.92. The van der Waals surface area contributed by atoms with Gasteiger partial charge in [0.15, 0.2) is 5.78 Å². The van der Waals surface area contributed by atoms with E-state index >= 15 is 0 Å². The van der Waals surface area contributed by atoms with Crippen LogP contribution in [-0.2, 0) is 0 Å².